The smallest absolute Gasteiger partial charge is 0.163 e. The van der Waals surface area contributed by atoms with E-state index in [4.69, 9.17) is 9.47 Å². The highest BCUT2D eigenvalue weighted by atomic mass is 16.6. The molecule has 21 heavy (non-hydrogen) atoms. The number of hydrogen-bond donors (Lipinski definition) is 1. The first-order valence-electron chi connectivity index (χ1n) is 8.15. The van der Waals surface area contributed by atoms with Gasteiger partial charge in [-0.3, -0.25) is 0 Å². The SMILES string of the molecule is CC1(C)C(Nc2ccc3c(c2)OCCO3)[C@]2(C)CC[C@H]1C2. The van der Waals surface area contributed by atoms with Crippen LogP contribution in [0, 0.1) is 16.7 Å². The van der Waals surface area contributed by atoms with Gasteiger partial charge < -0.3 is 14.8 Å². The van der Waals surface area contributed by atoms with Gasteiger partial charge in [-0.15, -0.1) is 0 Å². The van der Waals surface area contributed by atoms with Crippen molar-refractivity contribution in [2.75, 3.05) is 18.5 Å². The maximum absolute atomic E-state index is 5.70. The molecule has 3 heteroatoms. The Morgan fingerprint density at radius 3 is 2.57 bits per heavy atom. The molecule has 3 aliphatic rings. The fourth-order valence-electron chi connectivity index (χ4n) is 4.96. The molecular weight excluding hydrogens is 262 g/mol. The van der Waals surface area contributed by atoms with Crippen molar-refractivity contribution in [2.45, 2.75) is 46.1 Å². The van der Waals surface area contributed by atoms with Crippen LogP contribution >= 0.6 is 0 Å². The van der Waals surface area contributed by atoms with Crippen molar-refractivity contribution in [1.29, 1.82) is 0 Å². The molecule has 3 nitrogen and oxygen atoms in total. The topological polar surface area (TPSA) is 30.5 Å². The molecule has 1 unspecified atom stereocenters. The van der Waals surface area contributed by atoms with E-state index in [1.807, 2.05) is 6.07 Å². The lowest BCUT2D eigenvalue weighted by atomic mass is 9.68. The summed E-state index contributed by atoms with van der Waals surface area (Å²) in [6.07, 6.45) is 4.11. The third kappa shape index (κ3) is 1.93. The summed E-state index contributed by atoms with van der Waals surface area (Å²) in [7, 11) is 0. The van der Waals surface area contributed by atoms with Gasteiger partial charge in [-0.25, -0.2) is 0 Å². The number of benzene rings is 1. The van der Waals surface area contributed by atoms with Gasteiger partial charge in [0.05, 0.1) is 0 Å². The van der Waals surface area contributed by atoms with Crippen molar-refractivity contribution < 1.29 is 9.47 Å². The summed E-state index contributed by atoms with van der Waals surface area (Å²) in [6.45, 7) is 8.60. The van der Waals surface area contributed by atoms with Crippen LogP contribution in [0.4, 0.5) is 5.69 Å². The van der Waals surface area contributed by atoms with Gasteiger partial charge in [-0.05, 0) is 48.1 Å². The van der Waals surface area contributed by atoms with Crippen molar-refractivity contribution in [3.63, 3.8) is 0 Å². The van der Waals surface area contributed by atoms with Gasteiger partial charge in [0.25, 0.3) is 0 Å². The molecule has 0 aromatic heterocycles. The molecule has 1 N–H and O–H groups in total. The summed E-state index contributed by atoms with van der Waals surface area (Å²) in [4.78, 5) is 0. The minimum atomic E-state index is 0.361. The Balaban J connectivity index is 1.61. The summed E-state index contributed by atoms with van der Waals surface area (Å²) in [5.41, 5.74) is 1.95. The highest BCUT2D eigenvalue weighted by Gasteiger charge is 2.59. The standard InChI is InChI=1S/C18H25NO2/c1-17(2)12-6-7-18(3,11-12)16(17)19-13-4-5-14-15(10-13)21-9-8-20-14/h4-5,10,12,16,19H,6-9,11H2,1-3H3/t12-,16?,18+/m0/s1. The molecule has 0 amide bonds. The van der Waals surface area contributed by atoms with E-state index >= 15 is 0 Å². The Labute approximate surface area is 127 Å². The third-order valence-electron chi connectivity index (χ3n) is 6.12. The largest absolute Gasteiger partial charge is 0.486 e. The summed E-state index contributed by atoms with van der Waals surface area (Å²) in [5, 5.41) is 3.82. The van der Waals surface area contributed by atoms with Crippen LogP contribution in [0.1, 0.15) is 40.0 Å². The van der Waals surface area contributed by atoms with Gasteiger partial charge in [0.2, 0.25) is 0 Å². The first kappa shape index (κ1) is 13.3. The molecule has 0 radical (unpaired) electrons. The molecule has 1 heterocycles. The zero-order chi connectivity index (χ0) is 14.7. The molecule has 2 saturated carbocycles. The predicted molar refractivity (Wildman–Crippen MR) is 84.1 cm³/mol. The number of nitrogens with one attached hydrogen (secondary N) is 1. The van der Waals surface area contributed by atoms with E-state index in [2.05, 4.69) is 38.2 Å². The van der Waals surface area contributed by atoms with Crippen molar-refractivity contribution in [1.82, 2.24) is 0 Å². The fourth-order valence-corrected chi connectivity index (χ4v) is 4.96. The van der Waals surface area contributed by atoms with E-state index in [-0.39, 0.29) is 0 Å². The van der Waals surface area contributed by atoms with Crippen molar-refractivity contribution in [3.05, 3.63) is 18.2 Å². The highest BCUT2D eigenvalue weighted by molar-refractivity contribution is 5.56. The van der Waals surface area contributed by atoms with Crippen LogP contribution in [-0.2, 0) is 0 Å². The average Bonchev–Trinajstić information content (AvgIpc) is 2.95. The summed E-state index contributed by atoms with van der Waals surface area (Å²) in [5.74, 6) is 2.60. The Morgan fingerprint density at radius 2 is 1.86 bits per heavy atom. The molecule has 0 spiro atoms. The molecule has 2 fully saturated rings. The quantitative estimate of drug-likeness (QED) is 0.889. The molecule has 1 aromatic rings. The van der Waals surface area contributed by atoms with Crippen LogP contribution in [0.2, 0.25) is 0 Å². The second-order valence-electron chi connectivity index (χ2n) is 7.85. The van der Waals surface area contributed by atoms with Gasteiger partial charge >= 0.3 is 0 Å². The van der Waals surface area contributed by atoms with Crippen molar-refractivity contribution >= 4 is 5.69 Å². The van der Waals surface area contributed by atoms with E-state index in [0.29, 0.717) is 30.1 Å². The maximum Gasteiger partial charge on any atom is 0.163 e. The first-order chi connectivity index (χ1) is 9.99. The van der Waals surface area contributed by atoms with Crippen LogP contribution in [0.5, 0.6) is 11.5 Å². The van der Waals surface area contributed by atoms with Crippen molar-refractivity contribution in [3.8, 4) is 11.5 Å². The molecule has 1 aliphatic heterocycles. The van der Waals surface area contributed by atoms with E-state index in [1.165, 1.54) is 19.3 Å². The Kier molecular flexibility index (Phi) is 2.73. The first-order valence-corrected chi connectivity index (χ1v) is 8.15. The van der Waals surface area contributed by atoms with Crippen molar-refractivity contribution in [2.24, 2.45) is 16.7 Å². The van der Waals surface area contributed by atoms with E-state index in [0.717, 1.165) is 23.1 Å². The molecule has 2 aliphatic carbocycles. The van der Waals surface area contributed by atoms with Crippen LogP contribution < -0.4 is 14.8 Å². The van der Waals surface area contributed by atoms with Gasteiger partial charge in [0.15, 0.2) is 11.5 Å². The predicted octanol–water partition coefficient (Wildman–Crippen LogP) is 4.08. The number of fused-ring (bicyclic) bond motifs is 3. The fraction of sp³-hybridized carbons (Fsp3) is 0.667. The highest BCUT2D eigenvalue weighted by Crippen LogP contribution is 2.63. The number of anilines is 1. The Hall–Kier alpha value is -1.38. The molecular formula is C18H25NO2. The lowest BCUT2D eigenvalue weighted by Gasteiger charge is -2.43. The molecule has 4 rings (SSSR count). The summed E-state index contributed by atoms with van der Waals surface area (Å²) >= 11 is 0. The lowest BCUT2D eigenvalue weighted by Crippen LogP contribution is -2.45. The van der Waals surface area contributed by atoms with E-state index in [9.17, 15) is 0 Å². The van der Waals surface area contributed by atoms with Gasteiger partial charge in [-0.2, -0.15) is 0 Å². The Morgan fingerprint density at radius 1 is 1.10 bits per heavy atom. The van der Waals surface area contributed by atoms with Gasteiger partial charge in [0.1, 0.15) is 13.2 Å². The summed E-state index contributed by atoms with van der Waals surface area (Å²) < 4.78 is 11.3. The molecule has 3 atom stereocenters. The van der Waals surface area contributed by atoms with E-state index in [1.54, 1.807) is 0 Å². The Bertz CT molecular complexity index is 564. The molecule has 0 saturated heterocycles. The zero-order valence-corrected chi connectivity index (χ0v) is 13.2. The van der Waals surface area contributed by atoms with Crippen LogP contribution in [0.25, 0.3) is 0 Å². The van der Waals surface area contributed by atoms with Crippen LogP contribution in [0.15, 0.2) is 18.2 Å². The molecule has 1 aromatic carbocycles. The third-order valence-corrected chi connectivity index (χ3v) is 6.12. The average molecular weight is 287 g/mol. The minimum Gasteiger partial charge on any atom is -0.486 e. The normalized spacial score (nSPS) is 35.8. The van der Waals surface area contributed by atoms with Crippen LogP contribution in [0.3, 0.4) is 0 Å². The zero-order valence-electron chi connectivity index (χ0n) is 13.2. The second-order valence-corrected chi connectivity index (χ2v) is 7.85. The number of rotatable bonds is 2. The number of ether oxygens (including phenoxy) is 2. The maximum atomic E-state index is 5.70. The lowest BCUT2D eigenvalue weighted by molar-refractivity contribution is 0.155. The van der Waals surface area contributed by atoms with Gasteiger partial charge in [-0.1, -0.05) is 20.8 Å². The monoisotopic (exact) mass is 287 g/mol. The van der Waals surface area contributed by atoms with Crippen LogP contribution in [-0.4, -0.2) is 19.3 Å². The number of hydrogen-bond acceptors (Lipinski definition) is 3. The van der Waals surface area contributed by atoms with E-state index < -0.39 is 0 Å². The second kappa shape index (κ2) is 4.31. The minimum absolute atomic E-state index is 0.361. The molecule has 114 valence electrons. The summed E-state index contributed by atoms with van der Waals surface area (Å²) in [6, 6.07) is 6.78. The molecule has 2 bridgehead atoms. The van der Waals surface area contributed by atoms with Gasteiger partial charge in [0, 0.05) is 17.8 Å².